The number of aryl methyl sites for hydroxylation is 1. The second-order valence-electron chi connectivity index (χ2n) is 4.20. The van der Waals surface area contributed by atoms with Crippen LogP contribution >= 0.6 is 0 Å². The van der Waals surface area contributed by atoms with E-state index in [1.807, 2.05) is 18.2 Å². The Hall–Kier alpha value is -2.35. The fraction of sp³-hybridized carbons (Fsp3) is 0.0625. The van der Waals surface area contributed by atoms with Crippen molar-refractivity contribution in [3.63, 3.8) is 0 Å². The number of benzene rings is 2. The number of nitrogens with zero attached hydrogens (tertiary/aromatic N) is 1. The van der Waals surface area contributed by atoms with Crippen LogP contribution in [0.4, 0.5) is 0 Å². The maximum absolute atomic E-state index is 5.45. The highest BCUT2D eigenvalue weighted by atomic mass is 16.3. The van der Waals surface area contributed by atoms with Crippen LogP contribution in [0.15, 0.2) is 65.4 Å². The molecule has 0 radical (unpaired) electrons. The molecule has 0 N–H and O–H groups in total. The number of hydrogen-bond donors (Lipinski definition) is 0. The molecule has 18 heavy (non-hydrogen) atoms. The van der Waals surface area contributed by atoms with Crippen LogP contribution in [0, 0.1) is 6.92 Å². The predicted octanol–water partition coefficient (Wildman–Crippen LogP) is 4.32. The normalized spacial score (nSPS) is 10.5. The molecule has 3 aromatic rings. The molecule has 1 heterocycles. The van der Waals surface area contributed by atoms with Crippen LogP contribution in [0.25, 0.3) is 22.6 Å². The lowest BCUT2D eigenvalue weighted by Crippen LogP contribution is -1.88. The van der Waals surface area contributed by atoms with Crippen molar-refractivity contribution in [1.29, 1.82) is 0 Å². The largest absolute Gasteiger partial charge is 0.444 e. The van der Waals surface area contributed by atoms with Gasteiger partial charge in [0.05, 0.1) is 6.20 Å². The van der Waals surface area contributed by atoms with Gasteiger partial charge in [0, 0.05) is 5.56 Å². The van der Waals surface area contributed by atoms with Crippen molar-refractivity contribution in [2.45, 2.75) is 6.92 Å². The van der Waals surface area contributed by atoms with Crippen LogP contribution in [0.2, 0.25) is 0 Å². The number of rotatable bonds is 2. The Morgan fingerprint density at radius 2 is 1.78 bits per heavy atom. The summed E-state index contributed by atoms with van der Waals surface area (Å²) in [5, 5.41) is 0. The average molecular weight is 235 g/mol. The molecule has 2 heteroatoms. The molecule has 0 fully saturated rings. The van der Waals surface area contributed by atoms with Crippen molar-refractivity contribution in [1.82, 2.24) is 4.98 Å². The first-order valence-corrected chi connectivity index (χ1v) is 5.91. The van der Waals surface area contributed by atoms with Crippen molar-refractivity contribution in [3.05, 3.63) is 66.6 Å². The predicted molar refractivity (Wildman–Crippen MR) is 72.1 cm³/mol. The first kappa shape index (κ1) is 10.8. The van der Waals surface area contributed by atoms with Crippen molar-refractivity contribution in [2.24, 2.45) is 0 Å². The van der Waals surface area contributed by atoms with E-state index >= 15 is 0 Å². The Bertz CT molecular complexity index is 642. The smallest absolute Gasteiger partial charge is 0.226 e. The molecule has 2 aromatic carbocycles. The maximum Gasteiger partial charge on any atom is 0.226 e. The van der Waals surface area contributed by atoms with E-state index in [4.69, 9.17) is 4.42 Å². The van der Waals surface area contributed by atoms with Gasteiger partial charge in [-0.2, -0.15) is 0 Å². The van der Waals surface area contributed by atoms with Gasteiger partial charge in [-0.15, -0.1) is 0 Å². The summed E-state index contributed by atoms with van der Waals surface area (Å²) in [6, 6.07) is 16.5. The van der Waals surface area contributed by atoms with Crippen molar-refractivity contribution < 1.29 is 4.42 Å². The Labute approximate surface area is 106 Å². The van der Waals surface area contributed by atoms with Crippen molar-refractivity contribution >= 4 is 0 Å². The van der Waals surface area contributed by atoms with E-state index < -0.39 is 0 Å². The molecule has 88 valence electrons. The van der Waals surface area contributed by atoms with Gasteiger partial charge in [-0.25, -0.2) is 4.98 Å². The molecule has 0 aliphatic heterocycles. The topological polar surface area (TPSA) is 26.0 Å². The molecule has 0 aliphatic carbocycles. The molecule has 3 rings (SSSR count). The van der Waals surface area contributed by atoms with Crippen LogP contribution < -0.4 is 0 Å². The lowest BCUT2D eigenvalue weighted by Gasteiger charge is -2.09. The molecule has 0 saturated carbocycles. The fourth-order valence-corrected chi connectivity index (χ4v) is 2.16. The summed E-state index contributed by atoms with van der Waals surface area (Å²) >= 11 is 0. The molecule has 0 unspecified atom stereocenters. The van der Waals surface area contributed by atoms with Gasteiger partial charge >= 0.3 is 0 Å². The van der Waals surface area contributed by atoms with Gasteiger partial charge in [-0.3, -0.25) is 0 Å². The third-order valence-electron chi connectivity index (χ3n) is 3.00. The van der Waals surface area contributed by atoms with E-state index in [9.17, 15) is 0 Å². The van der Waals surface area contributed by atoms with Crippen LogP contribution in [0.1, 0.15) is 5.56 Å². The average Bonchev–Trinajstić information content (AvgIpc) is 2.93. The van der Waals surface area contributed by atoms with Crippen molar-refractivity contribution in [2.75, 3.05) is 0 Å². The van der Waals surface area contributed by atoms with Gasteiger partial charge in [0.1, 0.15) is 6.26 Å². The van der Waals surface area contributed by atoms with Gasteiger partial charge < -0.3 is 4.42 Å². The Morgan fingerprint density at radius 3 is 2.50 bits per heavy atom. The SMILES string of the molecule is Cc1cccc(-c2ccccc2)c1-c1ncco1. The summed E-state index contributed by atoms with van der Waals surface area (Å²) in [4.78, 5) is 4.27. The van der Waals surface area contributed by atoms with Gasteiger partial charge in [-0.1, -0.05) is 48.5 Å². The lowest BCUT2D eigenvalue weighted by atomic mass is 9.96. The minimum absolute atomic E-state index is 0.673. The molecular weight excluding hydrogens is 222 g/mol. The summed E-state index contributed by atoms with van der Waals surface area (Å²) < 4.78 is 5.45. The minimum atomic E-state index is 0.673. The van der Waals surface area contributed by atoms with Gasteiger partial charge in [0.15, 0.2) is 0 Å². The summed E-state index contributed by atoms with van der Waals surface area (Å²) in [6.07, 6.45) is 3.28. The second kappa shape index (κ2) is 4.49. The zero-order valence-corrected chi connectivity index (χ0v) is 10.1. The molecule has 0 saturated heterocycles. The third-order valence-corrected chi connectivity index (χ3v) is 3.00. The molecule has 0 atom stereocenters. The standard InChI is InChI=1S/C16H13NO/c1-12-6-5-9-14(13-7-3-2-4-8-13)15(12)16-17-10-11-18-16/h2-11H,1H3. The second-order valence-corrected chi connectivity index (χ2v) is 4.20. The number of aromatic nitrogens is 1. The highest BCUT2D eigenvalue weighted by molar-refractivity contribution is 5.82. The van der Waals surface area contributed by atoms with E-state index in [1.54, 1.807) is 12.5 Å². The van der Waals surface area contributed by atoms with E-state index in [2.05, 4.69) is 42.2 Å². The van der Waals surface area contributed by atoms with Crippen LogP contribution in [-0.2, 0) is 0 Å². The van der Waals surface area contributed by atoms with Gasteiger partial charge in [0.25, 0.3) is 0 Å². The Kier molecular flexibility index (Phi) is 2.69. The summed E-state index contributed by atoms with van der Waals surface area (Å²) in [6.45, 7) is 2.08. The number of oxazole rings is 1. The Balaban J connectivity index is 2.25. The summed E-state index contributed by atoms with van der Waals surface area (Å²) in [5.41, 5.74) is 4.56. The number of hydrogen-bond acceptors (Lipinski definition) is 2. The summed E-state index contributed by atoms with van der Waals surface area (Å²) in [5.74, 6) is 0.673. The highest BCUT2D eigenvalue weighted by Crippen LogP contribution is 2.33. The lowest BCUT2D eigenvalue weighted by molar-refractivity contribution is 0.574. The quantitative estimate of drug-likeness (QED) is 0.661. The first-order chi connectivity index (χ1) is 8.86. The summed E-state index contributed by atoms with van der Waals surface area (Å²) in [7, 11) is 0. The molecule has 2 nitrogen and oxygen atoms in total. The monoisotopic (exact) mass is 235 g/mol. The van der Waals surface area contributed by atoms with E-state index in [-0.39, 0.29) is 0 Å². The molecule has 0 spiro atoms. The van der Waals surface area contributed by atoms with Gasteiger partial charge in [-0.05, 0) is 23.6 Å². The van der Waals surface area contributed by atoms with E-state index in [0.29, 0.717) is 5.89 Å². The third kappa shape index (κ3) is 1.82. The minimum Gasteiger partial charge on any atom is -0.444 e. The molecule has 0 bridgehead atoms. The zero-order chi connectivity index (χ0) is 12.4. The maximum atomic E-state index is 5.45. The molecule has 1 aromatic heterocycles. The molecular formula is C16H13NO. The van der Waals surface area contributed by atoms with E-state index in [1.165, 1.54) is 11.1 Å². The van der Waals surface area contributed by atoms with Gasteiger partial charge in [0.2, 0.25) is 5.89 Å². The van der Waals surface area contributed by atoms with Crippen LogP contribution in [-0.4, -0.2) is 4.98 Å². The highest BCUT2D eigenvalue weighted by Gasteiger charge is 2.12. The molecule has 0 amide bonds. The fourth-order valence-electron chi connectivity index (χ4n) is 2.16. The van der Waals surface area contributed by atoms with Crippen LogP contribution in [0.3, 0.4) is 0 Å². The van der Waals surface area contributed by atoms with E-state index in [0.717, 1.165) is 11.1 Å². The Morgan fingerprint density at radius 1 is 0.944 bits per heavy atom. The zero-order valence-electron chi connectivity index (χ0n) is 10.1. The van der Waals surface area contributed by atoms with Crippen molar-refractivity contribution in [3.8, 4) is 22.6 Å². The van der Waals surface area contributed by atoms with Crippen LogP contribution in [0.5, 0.6) is 0 Å². The first-order valence-electron chi connectivity index (χ1n) is 5.91. The molecule has 0 aliphatic rings.